The molecule has 0 spiro atoms. The Hall–Kier alpha value is -2.15. The van der Waals surface area contributed by atoms with Crippen molar-refractivity contribution in [1.82, 2.24) is 20.4 Å². The molecule has 1 aliphatic heterocycles. The van der Waals surface area contributed by atoms with Gasteiger partial charge in [0.2, 0.25) is 11.8 Å². The number of rotatable bonds is 6. The van der Waals surface area contributed by atoms with Crippen LogP contribution in [0.1, 0.15) is 68.0 Å². The molecule has 25 heavy (non-hydrogen) atoms. The van der Waals surface area contributed by atoms with Crippen molar-refractivity contribution in [2.75, 3.05) is 19.6 Å². The van der Waals surface area contributed by atoms with Crippen LogP contribution in [0, 0.1) is 0 Å². The average molecular weight is 344 g/mol. The smallest absolute Gasteiger partial charge is 0.234 e. The molecule has 134 valence electrons. The summed E-state index contributed by atoms with van der Waals surface area (Å²) in [5.74, 6) is 3.10. The molecule has 2 aliphatic rings. The van der Waals surface area contributed by atoms with E-state index in [-0.39, 0.29) is 17.9 Å². The number of amides is 1. The minimum Gasteiger partial charge on any atom is -0.467 e. The number of carbonyl (C=O) groups is 1. The van der Waals surface area contributed by atoms with E-state index in [2.05, 4.69) is 20.4 Å². The molecule has 7 heteroatoms. The van der Waals surface area contributed by atoms with Crippen LogP contribution in [0.4, 0.5) is 0 Å². The second-order valence-corrected chi connectivity index (χ2v) is 7.14. The Labute approximate surface area is 146 Å². The predicted octanol–water partition coefficient (Wildman–Crippen LogP) is 2.60. The van der Waals surface area contributed by atoms with Crippen molar-refractivity contribution >= 4 is 5.91 Å². The Morgan fingerprint density at radius 1 is 1.40 bits per heavy atom. The second kappa shape index (κ2) is 7.00. The largest absolute Gasteiger partial charge is 0.467 e. The second-order valence-electron chi connectivity index (χ2n) is 7.14. The van der Waals surface area contributed by atoms with Gasteiger partial charge in [-0.15, -0.1) is 0 Å². The first-order valence-electron chi connectivity index (χ1n) is 9.07. The van der Waals surface area contributed by atoms with E-state index in [1.807, 2.05) is 19.1 Å². The van der Waals surface area contributed by atoms with Gasteiger partial charge in [0.25, 0.3) is 0 Å². The Kier molecular flexibility index (Phi) is 4.57. The third-order valence-corrected chi connectivity index (χ3v) is 4.97. The fourth-order valence-electron chi connectivity index (χ4n) is 3.42. The van der Waals surface area contributed by atoms with Gasteiger partial charge in [-0.3, -0.25) is 9.69 Å². The Balaban J connectivity index is 1.30. The maximum absolute atomic E-state index is 12.3. The van der Waals surface area contributed by atoms with E-state index in [1.54, 1.807) is 6.26 Å². The Morgan fingerprint density at radius 3 is 3.04 bits per heavy atom. The average Bonchev–Trinajstić information content (AvgIpc) is 3.12. The molecule has 3 heterocycles. The topological polar surface area (TPSA) is 84.4 Å². The lowest BCUT2D eigenvalue weighted by molar-refractivity contribution is -0.123. The highest BCUT2D eigenvalue weighted by Gasteiger charge is 2.32. The zero-order valence-electron chi connectivity index (χ0n) is 14.5. The normalized spacial score (nSPS) is 22.7. The van der Waals surface area contributed by atoms with Gasteiger partial charge in [-0.05, 0) is 51.3 Å². The van der Waals surface area contributed by atoms with Crippen LogP contribution < -0.4 is 5.32 Å². The van der Waals surface area contributed by atoms with E-state index in [1.165, 1.54) is 0 Å². The van der Waals surface area contributed by atoms with Crippen LogP contribution >= 0.6 is 0 Å². The zero-order chi connectivity index (χ0) is 17.2. The third-order valence-electron chi connectivity index (χ3n) is 4.97. The monoisotopic (exact) mass is 344 g/mol. The lowest BCUT2D eigenvalue weighted by Gasteiger charge is -2.30. The maximum atomic E-state index is 12.3. The lowest BCUT2D eigenvalue weighted by atomic mass is 9.97. The highest BCUT2D eigenvalue weighted by atomic mass is 16.5. The first-order chi connectivity index (χ1) is 12.2. The van der Waals surface area contributed by atoms with Crippen molar-refractivity contribution in [1.29, 1.82) is 0 Å². The summed E-state index contributed by atoms with van der Waals surface area (Å²) in [6.07, 6.45) is 6.02. The summed E-state index contributed by atoms with van der Waals surface area (Å²) in [6.45, 7) is 4.03. The first kappa shape index (κ1) is 16.3. The third kappa shape index (κ3) is 3.92. The fraction of sp³-hybridized carbons (Fsp3) is 0.611. The molecule has 1 saturated carbocycles. The molecular weight excluding hydrogens is 320 g/mol. The molecule has 2 atom stereocenters. The first-order valence-corrected chi connectivity index (χ1v) is 9.07. The molecular formula is C18H24N4O3. The standard InChI is InChI=1S/C18H24N4O3/c1-12(15-5-3-9-24-15)19-16(23)11-22-8-2-4-14(10-22)17-20-18(25-21-17)13-6-7-13/h3,5,9,12-14H,2,4,6-8,10-11H2,1H3,(H,19,23)/t12-,14-/m1/s1. The quantitative estimate of drug-likeness (QED) is 0.867. The molecule has 2 aromatic rings. The molecule has 0 aromatic carbocycles. The van der Waals surface area contributed by atoms with Crippen LogP contribution in [0.2, 0.25) is 0 Å². The van der Waals surface area contributed by atoms with Gasteiger partial charge in [0.1, 0.15) is 5.76 Å². The van der Waals surface area contributed by atoms with E-state index < -0.39 is 0 Å². The van der Waals surface area contributed by atoms with Gasteiger partial charge >= 0.3 is 0 Å². The van der Waals surface area contributed by atoms with Crippen molar-refractivity contribution in [2.24, 2.45) is 0 Å². The molecule has 0 unspecified atom stereocenters. The van der Waals surface area contributed by atoms with E-state index in [0.717, 1.165) is 56.2 Å². The van der Waals surface area contributed by atoms with Crippen molar-refractivity contribution in [3.63, 3.8) is 0 Å². The van der Waals surface area contributed by atoms with Crippen LogP contribution in [-0.2, 0) is 4.79 Å². The zero-order valence-corrected chi connectivity index (χ0v) is 14.5. The summed E-state index contributed by atoms with van der Waals surface area (Å²) >= 11 is 0. The summed E-state index contributed by atoms with van der Waals surface area (Å²) in [5, 5.41) is 7.16. The molecule has 2 fully saturated rings. The molecule has 1 amide bonds. The molecule has 1 N–H and O–H groups in total. The summed E-state index contributed by atoms with van der Waals surface area (Å²) in [7, 11) is 0. The molecule has 4 rings (SSSR count). The number of hydrogen-bond donors (Lipinski definition) is 1. The minimum absolute atomic E-state index is 0.0105. The van der Waals surface area contributed by atoms with Crippen LogP contribution in [-0.4, -0.2) is 40.6 Å². The summed E-state index contributed by atoms with van der Waals surface area (Å²) < 4.78 is 10.7. The maximum Gasteiger partial charge on any atom is 0.234 e. The Morgan fingerprint density at radius 2 is 2.28 bits per heavy atom. The van der Waals surface area contributed by atoms with Crippen LogP contribution in [0.3, 0.4) is 0 Å². The molecule has 0 radical (unpaired) electrons. The van der Waals surface area contributed by atoms with Crippen molar-refractivity contribution in [3.8, 4) is 0 Å². The molecule has 0 bridgehead atoms. The SMILES string of the molecule is C[C@@H](NC(=O)CN1CCC[C@@H](c2noc(C3CC3)n2)C1)c1ccco1. The van der Waals surface area contributed by atoms with Crippen molar-refractivity contribution in [2.45, 2.75) is 50.5 Å². The number of carbonyl (C=O) groups excluding carboxylic acids is 1. The number of hydrogen-bond acceptors (Lipinski definition) is 6. The van der Waals surface area contributed by atoms with Gasteiger partial charge in [-0.25, -0.2) is 0 Å². The number of aromatic nitrogens is 2. The van der Waals surface area contributed by atoms with Crippen LogP contribution in [0.15, 0.2) is 27.3 Å². The molecule has 2 aromatic heterocycles. The van der Waals surface area contributed by atoms with E-state index in [9.17, 15) is 4.79 Å². The van der Waals surface area contributed by atoms with Crippen LogP contribution in [0.25, 0.3) is 0 Å². The Bertz CT molecular complexity index is 708. The van der Waals surface area contributed by atoms with Gasteiger partial charge in [0, 0.05) is 18.4 Å². The van der Waals surface area contributed by atoms with Crippen molar-refractivity contribution < 1.29 is 13.7 Å². The number of furan rings is 1. The van der Waals surface area contributed by atoms with E-state index in [4.69, 9.17) is 8.94 Å². The minimum atomic E-state index is -0.124. The lowest BCUT2D eigenvalue weighted by Crippen LogP contribution is -2.42. The summed E-state index contributed by atoms with van der Waals surface area (Å²) in [5.41, 5.74) is 0. The van der Waals surface area contributed by atoms with Crippen LogP contribution in [0.5, 0.6) is 0 Å². The molecule has 1 aliphatic carbocycles. The highest BCUT2D eigenvalue weighted by molar-refractivity contribution is 5.78. The highest BCUT2D eigenvalue weighted by Crippen LogP contribution is 2.39. The number of piperidine rings is 1. The summed E-state index contributed by atoms with van der Waals surface area (Å²) in [6, 6.07) is 3.57. The number of likely N-dealkylation sites (tertiary alicyclic amines) is 1. The predicted molar refractivity (Wildman–Crippen MR) is 90.0 cm³/mol. The summed E-state index contributed by atoms with van der Waals surface area (Å²) in [4.78, 5) is 19.1. The fourth-order valence-corrected chi connectivity index (χ4v) is 3.42. The van der Waals surface area contributed by atoms with Gasteiger partial charge < -0.3 is 14.3 Å². The molecule has 1 saturated heterocycles. The van der Waals surface area contributed by atoms with E-state index >= 15 is 0 Å². The number of nitrogens with zero attached hydrogens (tertiary/aromatic N) is 3. The molecule has 7 nitrogen and oxygen atoms in total. The van der Waals surface area contributed by atoms with Gasteiger partial charge in [0.05, 0.1) is 18.8 Å². The van der Waals surface area contributed by atoms with Gasteiger partial charge in [0.15, 0.2) is 5.82 Å². The van der Waals surface area contributed by atoms with Crippen molar-refractivity contribution in [3.05, 3.63) is 35.9 Å². The number of nitrogens with one attached hydrogen (secondary N) is 1. The van der Waals surface area contributed by atoms with Gasteiger partial charge in [-0.2, -0.15) is 4.98 Å². The van der Waals surface area contributed by atoms with E-state index in [0.29, 0.717) is 12.5 Å². The van der Waals surface area contributed by atoms with Gasteiger partial charge in [-0.1, -0.05) is 5.16 Å².